The van der Waals surface area contributed by atoms with Gasteiger partial charge in [-0.15, -0.1) is 0 Å². The lowest BCUT2D eigenvalue weighted by Gasteiger charge is -2.10. The van der Waals surface area contributed by atoms with E-state index in [9.17, 15) is 9.59 Å². The number of anilines is 1. The number of hydrogen-bond donors (Lipinski definition) is 1. The Morgan fingerprint density at radius 2 is 2.26 bits per heavy atom. The molecule has 5 heteroatoms. The molecule has 1 aromatic carbocycles. The summed E-state index contributed by atoms with van der Waals surface area (Å²) in [6.07, 6.45) is 10.1. The van der Waals surface area contributed by atoms with Crippen molar-refractivity contribution < 1.29 is 4.79 Å². The molecule has 1 N–H and O–H groups in total. The topological polar surface area (TPSA) is 64.0 Å². The van der Waals surface area contributed by atoms with E-state index in [0.29, 0.717) is 18.9 Å². The van der Waals surface area contributed by atoms with Crippen LogP contribution in [0.25, 0.3) is 0 Å². The van der Waals surface area contributed by atoms with Crippen LogP contribution in [0.15, 0.2) is 59.7 Å². The molecule has 1 atom stereocenters. The first-order chi connectivity index (χ1) is 11.2. The van der Waals surface area contributed by atoms with Gasteiger partial charge in [-0.25, -0.2) is 9.78 Å². The number of amides is 1. The summed E-state index contributed by atoms with van der Waals surface area (Å²) < 4.78 is 1.53. The largest absolute Gasteiger partial charge is 0.347 e. The molecule has 0 bridgehead atoms. The standard InChI is InChI=1S/C18H19N3O2/c22-17(12-14-5-1-2-6-14)20-16-8-3-7-15(11-16)13-21-10-4-9-19-18(21)23/h1,3-5,7-11,14H,2,6,12-13H2,(H,20,22). The van der Waals surface area contributed by atoms with Crippen molar-refractivity contribution in [2.45, 2.75) is 25.8 Å². The van der Waals surface area contributed by atoms with Gasteiger partial charge in [0.15, 0.2) is 0 Å². The van der Waals surface area contributed by atoms with Crippen molar-refractivity contribution in [3.63, 3.8) is 0 Å². The second kappa shape index (κ2) is 7.05. The molecule has 1 unspecified atom stereocenters. The predicted molar refractivity (Wildman–Crippen MR) is 89.2 cm³/mol. The minimum absolute atomic E-state index is 0.0252. The van der Waals surface area contributed by atoms with Gasteiger partial charge in [0.05, 0.1) is 6.54 Å². The van der Waals surface area contributed by atoms with Crippen LogP contribution in [0.3, 0.4) is 0 Å². The van der Waals surface area contributed by atoms with Crippen LogP contribution < -0.4 is 11.0 Å². The number of hydrogen-bond acceptors (Lipinski definition) is 3. The Morgan fingerprint density at radius 3 is 3.04 bits per heavy atom. The normalized spacial score (nSPS) is 16.4. The minimum Gasteiger partial charge on any atom is -0.326 e. The summed E-state index contributed by atoms with van der Waals surface area (Å²) >= 11 is 0. The Hall–Kier alpha value is -2.69. The highest BCUT2D eigenvalue weighted by Gasteiger charge is 2.14. The van der Waals surface area contributed by atoms with Gasteiger partial charge in [0.2, 0.25) is 5.91 Å². The van der Waals surface area contributed by atoms with Crippen LogP contribution in [-0.2, 0) is 11.3 Å². The molecular formula is C18H19N3O2. The predicted octanol–water partition coefficient (Wildman–Crippen LogP) is 2.59. The highest BCUT2D eigenvalue weighted by Crippen LogP contribution is 2.21. The van der Waals surface area contributed by atoms with Gasteiger partial charge >= 0.3 is 5.69 Å². The highest BCUT2D eigenvalue weighted by molar-refractivity contribution is 5.91. The van der Waals surface area contributed by atoms with E-state index >= 15 is 0 Å². The third-order valence-electron chi connectivity index (χ3n) is 3.91. The van der Waals surface area contributed by atoms with E-state index in [-0.39, 0.29) is 11.6 Å². The van der Waals surface area contributed by atoms with Crippen molar-refractivity contribution >= 4 is 11.6 Å². The molecule has 1 heterocycles. The SMILES string of the molecule is O=C(CC1C=CCC1)Nc1cccc(Cn2cccnc2=O)c1. The Morgan fingerprint density at radius 1 is 1.35 bits per heavy atom. The molecule has 0 spiro atoms. The molecule has 1 aliphatic rings. The molecule has 1 aliphatic carbocycles. The van der Waals surface area contributed by atoms with Gasteiger partial charge in [-0.2, -0.15) is 0 Å². The number of carbonyl (C=O) groups excluding carboxylic acids is 1. The lowest BCUT2D eigenvalue weighted by molar-refractivity contribution is -0.116. The van der Waals surface area contributed by atoms with E-state index in [1.54, 1.807) is 12.3 Å². The van der Waals surface area contributed by atoms with Crippen molar-refractivity contribution in [1.82, 2.24) is 9.55 Å². The van der Waals surface area contributed by atoms with Gasteiger partial charge in [-0.3, -0.25) is 9.36 Å². The van der Waals surface area contributed by atoms with E-state index in [2.05, 4.69) is 22.5 Å². The van der Waals surface area contributed by atoms with E-state index in [0.717, 1.165) is 24.1 Å². The molecule has 118 valence electrons. The first-order valence-electron chi connectivity index (χ1n) is 7.77. The number of nitrogens with one attached hydrogen (secondary N) is 1. The second-order valence-electron chi connectivity index (χ2n) is 5.75. The third kappa shape index (κ3) is 4.16. The van der Waals surface area contributed by atoms with Gasteiger partial charge in [0, 0.05) is 24.5 Å². The smallest absolute Gasteiger partial charge is 0.326 e. The van der Waals surface area contributed by atoms with Crippen molar-refractivity contribution in [2.24, 2.45) is 5.92 Å². The number of aromatic nitrogens is 2. The zero-order valence-corrected chi connectivity index (χ0v) is 12.8. The maximum absolute atomic E-state index is 12.1. The molecule has 0 fully saturated rings. The number of benzene rings is 1. The zero-order valence-electron chi connectivity index (χ0n) is 12.8. The lowest BCUT2D eigenvalue weighted by atomic mass is 10.0. The maximum Gasteiger partial charge on any atom is 0.347 e. The van der Waals surface area contributed by atoms with Crippen LogP contribution in [0.4, 0.5) is 5.69 Å². The molecule has 1 aromatic heterocycles. The molecule has 3 rings (SSSR count). The molecule has 0 aliphatic heterocycles. The summed E-state index contributed by atoms with van der Waals surface area (Å²) in [5, 5.41) is 2.93. The fraction of sp³-hybridized carbons (Fsp3) is 0.278. The van der Waals surface area contributed by atoms with Gasteiger partial charge < -0.3 is 5.32 Å². The van der Waals surface area contributed by atoms with Crippen LogP contribution in [-0.4, -0.2) is 15.5 Å². The monoisotopic (exact) mass is 309 g/mol. The first kappa shape index (κ1) is 15.2. The average molecular weight is 309 g/mol. The maximum atomic E-state index is 12.1. The number of carbonyl (C=O) groups is 1. The quantitative estimate of drug-likeness (QED) is 0.863. The number of rotatable bonds is 5. The van der Waals surface area contributed by atoms with Crippen LogP contribution >= 0.6 is 0 Å². The van der Waals surface area contributed by atoms with Crippen molar-refractivity contribution in [2.75, 3.05) is 5.32 Å². The number of allylic oxidation sites excluding steroid dienone is 2. The molecule has 0 saturated heterocycles. The van der Waals surface area contributed by atoms with Gasteiger partial charge in [0.1, 0.15) is 0 Å². The highest BCUT2D eigenvalue weighted by atomic mass is 16.2. The van der Waals surface area contributed by atoms with Crippen molar-refractivity contribution in [1.29, 1.82) is 0 Å². The van der Waals surface area contributed by atoms with E-state index in [1.807, 2.05) is 24.3 Å². The third-order valence-corrected chi connectivity index (χ3v) is 3.91. The van der Waals surface area contributed by atoms with Crippen LogP contribution in [0, 0.1) is 5.92 Å². The first-order valence-corrected chi connectivity index (χ1v) is 7.77. The van der Waals surface area contributed by atoms with Crippen LogP contribution in [0.2, 0.25) is 0 Å². The zero-order chi connectivity index (χ0) is 16.1. The van der Waals surface area contributed by atoms with Gasteiger partial charge in [0.25, 0.3) is 0 Å². The summed E-state index contributed by atoms with van der Waals surface area (Å²) in [5.74, 6) is 0.379. The number of nitrogens with zero attached hydrogens (tertiary/aromatic N) is 2. The Bertz CT molecular complexity index is 780. The van der Waals surface area contributed by atoms with E-state index in [1.165, 1.54) is 10.8 Å². The lowest BCUT2D eigenvalue weighted by Crippen LogP contribution is -2.22. The summed E-state index contributed by atoms with van der Waals surface area (Å²) in [5.41, 5.74) is 1.42. The summed E-state index contributed by atoms with van der Waals surface area (Å²) in [6.45, 7) is 0.432. The van der Waals surface area contributed by atoms with Crippen molar-refractivity contribution in [3.8, 4) is 0 Å². The van der Waals surface area contributed by atoms with Gasteiger partial charge in [-0.05, 0) is 42.5 Å². The van der Waals surface area contributed by atoms with Crippen molar-refractivity contribution in [3.05, 3.63) is 70.9 Å². The van der Waals surface area contributed by atoms with E-state index < -0.39 is 0 Å². The minimum atomic E-state index is -0.282. The molecule has 0 saturated carbocycles. The molecular weight excluding hydrogens is 290 g/mol. The molecule has 2 aromatic rings. The van der Waals surface area contributed by atoms with Crippen LogP contribution in [0.5, 0.6) is 0 Å². The molecule has 0 radical (unpaired) electrons. The second-order valence-corrected chi connectivity index (χ2v) is 5.75. The Labute approximate surface area is 134 Å². The van der Waals surface area contributed by atoms with Crippen LogP contribution in [0.1, 0.15) is 24.8 Å². The Kier molecular flexibility index (Phi) is 4.66. The van der Waals surface area contributed by atoms with E-state index in [4.69, 9.17) is 0 Å². The molecule has 23 heavy (non-hydrogen) atoms. The summed E-state index contributed by atoms with van der Waals surface area (Å²) in [7, 11) is 0. The summed E-state index contributed by atoms with van der Waals surface area (Å²) in [4.78, 5) is 27.5. The fourth-order valence-corrected chi connectivity index (χ4v) is 2.77. The molecule has 1 amide bonds. The fourth-order valence-electron chi connectivity index (χ4n) is 2.77. The summed E-state index contributed by atoms with van der Waals surface area (Å²) in [6, 6.07) is 9.28. The van der Waals surface area contributed by atoms with Gasteiger partial charge in [-0.1, -0.05) is 24.3 Å². The molecule has 5 nitrogen and oxygen atoms in total. The average Bonchev–Trinajstić information content (AvgIpc) is 3.03. The Balaban J connectivity index is 1.65.